The smallest absolute Gasteiger partial charge is 0.322 e. The van der Waals surface area contributed by atoms with Crippen LogP contribution in [0.4, 0.5) is 4.79 Å². The molecule has 0 spiro atoms. The standard InChI is InChI=1S/C14H25N5O7S/c1-13(2)5-9(11(20)17-25-8-14(15)3-4-16-7-14)18-6-10(13)19(12(18)21)26-27(22,23)24/h9-10,16H,3-8,15H2,1-2H3,(H,17,20)(H,22,23,24)/t9-,10-,14?/m0/s1. The maximum atomic E-state index is 12.6. The van der Waals surface area contributed by atoms with E-state index >= 15 is 0 Å². The highest BCUT2D eigenvalue weighted by Gasteiger charge is 2.57. The van der Waals surface area contributed by atoms with Crippen molar-refractivity contribution in [2.24, 2.45) is 11.1 Å². The van der Waals surface area contributed by atoms with Crippen LogP contribution in [0.25, 0.3) is 0 Å². The summed E-state index contributed by atoms with van der Waals surface area (Å²) in [5.41, 5.74) is 7.26. The molecule has 2 bridgehead atoms. The van der Waals surface area contributed by atoms with Crippen molar-refractivity contribution in [1.29, 1.82) is 0 Å². The van der Waals surface area contributed by atoms with Gasteiger partial charge >= 0.3 is 16.4 Å². The summed E-state index contributed by atoms with van der Waals surface area (Å²) in [5.74, 6) is -0.530. The van der Waals surface area contributed by atoms with E-state index in [4.69, 9.17) is 15.1 Å². The van der Waals surface area contributed by atoms with Crippen LogP contribution in [-0.2, 0) is 24.3 Å². The molecule has 5 N–H and O–H groups in total. The minimum absolute atomic E-state index is 0.0875. The Morgan fingerprint density at radius 2 is 2.19 bits per heavy atom. The maximum absolute atomic E-state index is 12.6. The van der Waals surface area contributed by atoms with Gasteiger partial charge in [-0.25, -0.2) is 10.3 Å². The van der Waals surface area contributed by atoms with Crippen LogP contribution in [0.1, 0.15) is 26.7 Å². The molecule has 3 rings (SSSR count). The van der Waals surface area contributed by atoms with E-state index in [2.05, 4.69) is 15.1 Å². The molecule has 3 heterocycles. The van der Waals surface area contributed by atoms with Crippen LogP contribution in [-0.4, -0.2) is 78.7 Å². The van der Waals surface area contributed by atoms with Crippen molar-refractivity contribution in [2.45, 2.75) is 44.3 Å². The lowest BCUT2D eigenvalue weighted by Crippen LogP contribution is -2.55. The highest BCUT2D eigenvalue weighted by molar-refractivity contribution is 7.80. The molecule has 12 nitrogen and oxygen atoms in total. The van der Waals surface area contributed by atoms with E-state index in [1.54, 1.807) is 13.8 Å². The number of nitrogens with two attached hydrogens (primary N) is 1. The quantitative estimate of drug-likeness (QED) is 0.299. The van der Waals surface area contributed by atoms with E-state index in [9.17, 15) is 18.0 Å². The van der Waals surface area contributed by atoms with Gasteiger partial charge in [-0.2, -0.15) is 13.5 Å². The van der Waals surface area contributed by atoms with Gasteiger partial charge < -0.3 is 16.0 Å². The Balaban J connectivity index is 1.66. The highest BCUT2D eigenvalue weighted by atomic mass is 32.3. The van der Waals surface area contributed by atoms with Crippen LogP contribution in [0.3, 0.4) is 0 Å². The van der Waals surface area contributed by atoms with Crippen molar-refractivity contribution in [3.8, 4) is 0 Å². The SMILES string of the molecule is CC1(C)C[C@@H](C(=O)NOCC2(N)CCNC2)N2C[C@@H]1N(OS(=O)(=O)O)C2=O. The van der Waals surface area contributed by atoms with Crippen molar-refractivity contribution in [3.05, 3.63) is 0 Å². The molecule has 0 saturated carbocycles. The molecule has 3 atom stereocenters. The van der Waals surface area contributed by atoms with Gasteiger partial charge in [0.25, 0.3) is 5.91 Å². The number of nitrogens with one attached hydrogen (secondary N) is 2. The van der Waals surface area contributed by atoms with E-state index < -0.39 is 45.4 Å². The topological polar surface area (TPSA) is 164 Å². The van der Waals surface area contributed by atoms with Gasteiger partial charge in [0.1, 0.15) is 6.04 Å². The van der Waals surface area contributed by atoms with E-state index in [0.29, 0.717) is 18.0 Å². The molecular weight excluding hydrogens is 382 g/mol. The zero-order valence-corrected chi connectivity index (χ0v) is 16.0. The van der Waals surface area contributed by atoms with Gasteiger partial charge in [0.15, 0.2) is 0 Å². The monoisotopic (exact) mass is 407 g/mol. The number of urea groups is 1. The fourth-order valence-corrected chi connectivity index (χ4v) is 4.16. The summed E-state index contributed by atoms with van der Waals surface area (Å²) < 4.78 is 35.5. The number of nitrogens with zero attached hydrogens (tertiary/aromatic N) is 2. The van der Waals surface area contributed by atoms with Crippen LogP contribution in [0, 0.1) is 5.41 Å². The minimum atomic E-state index is -4.86. The first-order valence-electron chi connectivity index (χ1n) is 8.60. The molecule has 0 aliphatic carbocycles. The first kappa shape index (κ1) is 20.2. The molecule has 27 heavy (non-hydrogen) atoms. The molecular formula is C14H25N5O7S. The van der Waals surface area contributed by atoms with E-state index in [-0.39, 0.29) is 19.6 Å². The van der Waals surface area contributed by atoms with Gasteiger partial charge in [-0.1, -0.05) is 13.8 Å². The molecule has 0 aromatic carbocycles. The Morgan fingerprint density at radius 1 is 1.48 bits per heavy atom. The Labute approximate surface area is 157 Å². The van der Waals surface area contributed by atoms with Gasteiger partial charge in [-0.05, 0) is 24.8 Å². The largest absolute Gasteiger partial charge is 0.418 e. The van der Waals surface area contributed by atoms with E-state index in [1.165, 1.54) is 4.90 Å². The molecule has 154 valence electrons. The molecule has 0 aromatic rings. The number of carbonyl (C=O) groups is 2. The first-order chi connectivity index (χ1) is 12.4. The van der Waals surface area contributed by atoms with Gasteiger partial charge in [0, 0.05) is 13.1 Å². The van der Waals surface area contributed by atoms with E-state index in [1.807, 2.05) is 0 Å². The third-order valence-corrected chi connectivity index (χ3v) is 5.72. The lowest BCUT2D eigenvalue weighted by molar-refractivity contribution is -0.142. The molecule has 3 saturated heterocycles. The van der Waals surface area contributed by atoms with E-state index in [0.717, 1.165) is 6.54 Å². The predicted molar refractivity (Wildman–Crippen MR) is 91.0 cm³/mol. The number of hydroxylamine groups is 3. The molecule has 1 unspecified atom stereocenters. The average Bonchev–Trinajstić information content (AvgIpc) is 3.08. The second-order valence-electron chi connectivity index (χ2n) is 8.03. The normalized spacial score (nSPS) is 32.8. The summed E-state index contributed by atoms with van der Waals surface area (Å²) in [5, 5.41) is 3.73. The minimum Gasteiger partial charge on any atom is -0.322 e. The van der Waals surface area contributed by atoms with Crippen molar-refractivity contribution in [3.63, 3.8) is 0 Å². The summed E-state index contributed by atoms with van der Waals surface area (Å²) in [6.07, 6.45) is 0.979. The second-order valence-corrected chi connectivity index (χ2v) is 9.04. The Kier molecular flexibility index (Phi) is 5.12. The zero-order chi connectivity index (χ0) is 20.0. The first-order valence-corrected chi connectivity index (χ1v) is 9.97. The Hall–Kier alpha value is -1.51. The number of piperidine rings is 1. The number of hydrogen-bond donors (Lipinski definition) is 4. The summed E-state index contributed by atoms with van der Waals surface area (Å²) in [6, 6.07) is -2.30. The lowest BCUT2D eigenvalue weighted by Gasteiger charge is -2.40. The molecule has 3 aliphatic rings. The maximum Gasteiger partial charge on any atom is 0.418 e. The summed E-state index contributed by atoms with van der Waals surface area (Å²) >= 11 is 0. The molecule has 13 heteroatoms. The van der Waals surface area contributed by atoms with Crippen molar-refractivity contribution >= 4 is 22.3 Å². The third kappa shape index (κ3) is 4.17. The van der Waals surface area contributed by atoms with Crippen LogP contribution in [0.2, 0.25) is 0 Å². The third-order valence-electron chi connectivity index (χ3n) is 5.37. The van der Waals surface area contributed by atoms with Gasteiger partial charge in [-0.15, -0.1) is 4.28 Å². The molecule has 3 fully saturated rings. The fraction of sp³-hybridized carbons (Fsp3) is 0.857. The Bertz CT molecular complexity index is 721. The highest BCUT2D eigenvalue weighted by Crippen LogP contribution is 2.42. The van der Waals surface area contributed by atoms with Gasteiger partial charge in [0.2, 0.25) is 0 Å². The Morgan fingerprint density at radius 3 is 2.78 bits per heavy atom. The fourth-order valence-electron chi connectivity index (χ4n) is 3.79. The summed E-state index contributed by atoms with van der Waals surface area (Å²) in [6.45, 7) is 5.13. The van der Waals surface area contributed by atoms with Crippen molar-refractivity contribution in [1.82, 2.24) is 20.8 Å². The van der Waals surface area contributed by atoms with Crippen molar-refractivity contribution < 1.29 is 31.7 Å². The molecule has 0 radical (unpaired) electrons. The van der Waals surface area contributed by atoms with Crippen LogP contribution < -0.4 is 16.5 Å². The molecule has 3 aliphatic heterocycles. The number of hydrogen-bond acceptors (Lipinski definition) is 8. The predicted octanol–water partition coefficient (Wildman–Crippen LogP) is -1.64. The number of rotatable bonds is 6. The second kappa shape index (κ2) is 6.83. The molecule has 0 aromatic heterocycles. The van der Waals surface area contributed by atoms with Gasteiger partial charge in [0.05, 0.1) is 18.2 Å². The van der Waals surface area contributed by atoms with Crippen LogP contribution in [0.5, 0.6) is 0 Å². The lowest BCUT2D eigenvalue weighted by atomic mass is 9.76. The number of carbonyl (C=O) groups excluding carboxylic acids is 2. The summed E-state index contributed by atoms with van der Waals surface area (Å²) in [4.78, 5) is 31.6. The number of amides is 3. The van der Waals surface area contributed by atoms with Crippen molar-refractivity contribution in [2.75, 3.05) is 26.2 Å². The number of fused-ring (bicyclic) bond motifs is 2. The molecule has 3 amide bonds. The summed E-state index contributed by atoms with van der Waals surface area (Å²) in [7, 11) is -4.86. The van der Waals surface area contributed by atoms with Crippen LogP contribution in [0.15, 0.2) is 0 Å². The van der Waals surface area contributed by atoms with Gasteiger partial charge in [-0.3, -0.25) is 14.2 Å². The average molecular weight is 407 g/mol. The van der Waals surface area contributed by atoms with Crippen LogP contribution >= 0.6 is 0 Å². The zero-order valence-electron chi connectivity index (χ0n) is 15.2.